The van der Waals surface area contributed by atoms with Crippen LogP contribution >= 0.6 is 11.8 Å². The summed E-state index contributed by atoms with van der Waals surface area (Å²) >= 11 is 1.88. The van der Waals surface area contributed by atoms with Crippen LogP contribution < -0.4 is 0 Å². The molecule has 1 N–H and O–H groups in total. The van der Waals surface area contributed by atoms with Crippen molar-refractivity contribution in [2.75, 3.05) is 5.75 Å². The Morgan fingerprint density at radius 3 is 2.65 bits per heavy atom. The van der Waals surface area contributed by atoms with Crippen LogP contribution in [0.25, 0.3) is 0 Å². The molecule has 0 amide bonds. The predicted molar refractivity (Wildman–Crippen MR) is 78.5 cm³/mol. The van der Waals surface area contributed by atoms with Crippen LogP contribution in [0, 0.1) is 12.3 Å². The van der Waals surface area contributed by atoms with E-state index in [4.69, 9.17) is 5.41 Å². The first-order valence-corrected chi connectivity index (χ1v) is 6.92. The van der Waals surface area contributed by atoms with E-state index >= 15 is 0 Å². The van der Waals surface area contributed by atoms with E-state index < -0.39 is 0 Å². The van der Waals surface area contributed by atoms with Gasteiger partial charge < -0.3 is 5.41 Å². The van der Waals surface area contributed by atoms with Crippen LogP contribution in [-0.2, 0) is 0 Å². The second-order valence-corrected chi connectivity index (χ2v) is 5.65. The molecule has 0 spiro atoms. The summed E-state index contributed by atoms with van der Waals surface area (Å²) in [7, 11) is 0. The average molecular weight is 247 g/mol. The van der Waals surface area contributed by atoms with Crippen LogP contribution in [0.15, 0.2) is 35.2 Å². The Bertz CT molecular complexity index is 421. The van der Waals surface area contributed by atoms with Gasteiger partial charge >= 0.3 is 0 Å². The van der Waals surface area contributed by atoms with Crippen molar-refractivity contribution in [1.29, 1.82) is 5.41 Å². The molecule has 0 aliphatic heterocycles. The van der Waals surface area contributed by atoms with E-state index in [1.807, 2.05) is 24.8 Å². The van der Waals surface area contributed by atoms with Gasteiger partial charge in [-0.25, -0.2) is 0 Å². The van der Waals surface area contributed by atoms with Crippen LogP contribution in [0.5, 0.6) is 0 Å². The zero-order valence-electron chi connectivity index (χ0n) is 11.0. The molecule has 0 bridgehead atoms. The molecule has 0 fully saturated rings. The van der Waals surface area contributed by atoms with Gasteiger partial charge in [0.15, 0.2) is 0 Å². The number of benzene rings is 1. The van der Waals surface area contributed by atoms with Crippen molar-refractivity contribution in [3.8, 4) is 0 Å². The fraction of sp³-hybridized carbons (Fsp3) is 0.400. The molecule has 1 aromatic carbocycles. The third-order valence-corrected chi connectivity index (χ3v) is 3.87. The SMILES string of the molecule is C=C(C)CCCSc1cc(C(C)=N)ccc1C. The largest absolute Gasteiger partial charge is 0.305 e. The predicted octanol–water partition coefficient (Wildman–Crippen LogP) is 4.83. The molecule has 0 aliphatic rings. The molecule has 0 aliphatic carbocycles. The summed E-state index contributed by atoms with van der Waals surface area (Å²) in [6.07, 6.45) is 2.28. The molecule has 0 saturated carbocycles. The summed E-state index contributed by atoms with van der Waals surface area (Å²) in [5, 5.41) is 7.65. The molecule has 17 heavy (non-hydrogen) atoms. The van der Waals surface area contributed by atoms with Crippen LogP contribution in [-0.4, -0.2) is 11.5 Å². The van der Waals surface area contributed by atoms with E-state index in [1.54, 1.807) is 0 Å². The number of rotatable bonds is 6. The van der Waals surface area contributed by atoms with E-state index in [0.717, 1.165) is 17.7 Å². The number of hydrogen-bond acceptors (Lipinski definition) is 2. The van der Waals surface area contributed by atoms with Gasteiger partial charge in [-0.2, -0.15) is 0 Å². The summed E-state index contributed by atoms with van der Waals surface area (Å²) < 4.78 is 0. The van der Waals surface area contributed by atoms with Crippen molar-refractivity contribution in [3.63, 3.8) is 0 Å². The molecule has 0 radical (unpaired) electrons. The number of aryl methyl sites for hydroxylation is 1. The molecule has 0 unspecified atom stereocenters. The fourth-order valence-corrected chi connectivity index (χ4v) is 2.56. The van der Waals surface area contributed by atoms with Gasteiger partial charge in [0.1, 0.15) is 0 Å². The van der Waals surface area contributed by atoms with E-state index in [-0.39, 0.29) is 0 Å². The standard InChI is InChI=1S/C15H21NS/c1-11(2)6-5-9-17-15-10-14(13(4)16)8-7-12(15)3/h7-8,10,16H,1,5-6,9H2,2-4H3. The molecule has 0 atom stereocenters. The molecule has 92 valence electrons. The summed E-state index contributed by atoms with van der Waals surface area (Å²) in [6.45, 7) is 9.96. The van der Waals surface area contributed by atoms with E-state index in [2.05, 4.69) is 32.6 Å². The molecule has 0 heterocycles. The summed E-state index contributed by atoms with van der Waals surface area (Å²) in [5.41, 5.74) is 4.22. The maximum Gasteiger partial charge on any atom is 0.0355 e. The highest BCUT2D eigenvalue weighted by atomic mass is 32.2. The van der Waals surface area contributed by atoms with Gasteiger partial charge in [0.25, 0.3) is 0 Å². The summed E-state index contributed by atoms with van der Waals surface area (Å²) in [5.74, 6) is 1.12. The van der Waals surface area contributed by atoms with Crippen molar-refractivity contribution in [1.82, 2.24) is 0 Å². The third kappa shape index (κ3) is 4.78. The molecule has 1 aromatic rings. The van der Waals surface area contributed by atoms with Crippen molar-refractivity contribution in [2.45, 2.75) is 38.5 Å². The zero-order valence-corrected chi connectivity index (χ0v) is 11.8. The highest BCUT2D eigenvalue weighted by molar-refractivity contribution is 7.99. The summed E-state index contributed by atoms with van der Waals surface area (Å²) in [4.78, 5) is 1.30. The normalized spacial score (nSPS) is 10.3. The first kappa shape index (κ1) is 14.0. The molecule has 0 aromatic heterocycles. The van der Waals surface area contributed by atoms with Gasteiger partial charge in [0, 0.05) is 10.6 Å². The zero-order chi connectivity index (χ0) is 12.8. The lowest BCUT2D eigenvalue weighted by atomic mass is 10.1. The smallest absolute Gasteiger partial charge is 0.0355 e. The lowest BCUT2D eigenvalue weighted by Gasteiger charge is -2.08. The molecule has 1 nitrogen and oxygen atoms in total. The molecular weight excluding hydrogens is 226 g/mol. The Morgan fingerprint density at radius 1 is 1.35 bits per heavy atom. The quantitative estimate of drug-likeness (QED) is 0.331. The Morgan fingerprint density at radius 2 is 2.06 bits per heavy atom. The Kier molecular flexibility index (Phi) is 5.49. The van der Waals surface area contributed by atoms with Gasteiger partial charge in [0.2, 0.25) is 0 Å². The van der Waals surface area contributed by atoms with Crippen molar-refractivity contribution in [2.24, 2.45) is 0 Å². The van der Waals surface area contributed by atoms with Gasteiger partial charge in [-0.15, -0.1) is 18.3 Å². The average Bonchev–Trinajstić information content (AvgIpc) is 2.25. The van der Waals surface area contributed by atoms with Crippen LogP contribution in [0.1, 0.15) is 37.8 Å². The monoisotopic (exact) mass is 247 g/mol. The summed E-state index contributed by atoms with van der Waals surface area (Å²) in [6, 6.07) is 6.26. The Hall–Kier alpha value is -1.02. The lowest BCUT2D eigenvalue weighted by Crippen LogP contribution is -1.93. The molecule has 0 saturated heterocycles. The van der Waals surface area contributed by atoms with Crippen LogP contribution in [0.3, 0.4) is 0 Å². The minimum atomic E-state index is 0.633. The van der Waals surface area contributed by atoms with E-state index in [0.29, 0.717) is 5.71 Å². The van der Waals surface area contributed by atoms with Gasteiger partial charge in [-0.3, -0.25) is 0 Å². The van der Waals surface area contributed by atoms with Gasteiger partial charge in [-0.1, -0.05) is 17.7 Å². The topological polar surface area (TPSA) is 23.9 Å². The maximum absolute atomic E-state index is 7.65. The van der Waals surface area contributed by atoms with Gasteiger partial charge in [-0.05, 0) is 56.6 Å². The number of thioether (sulfide) groups is 1. The first-order chi connectivity index (χ1) is 8.00. The fourth-order valence-electron chi connectivity index (χ4n) is 1.54. The van der Waals surface area contributed by atoms with E-state index in [1.165, 1.54) is 22.5 Å². The molecule has 2 heteroatoms. The third-order valence-electron chi connectivity index (χ3n) is 2.63. The van der Waals surface area contributed by atoms with Crippen molar-refractivity contribution in [3.05, 3.63) is 41.5 Å². The number of nitrogens with one attached hydrogen (secondary N) is 1. The van der Waals surface area contributed by atoms with Crippen LogP contribution in [0.2, 0.25) is 0 Å². The second kappa shape index (κ2) is 6.65. The highest BCUT2D eigenvalue weighted by Crippen LogP contribution is 2.25. The van der Waals surface area contributed by atoms with Crippen molar-refractivity contribution < 1.29 is 0 Å². The minimum Gasteiger partial charge on any atom is -0.305 e. The number of hydrogen-bond donors (Lipinski definition) is 1. The van der Waals surface area contributed by atoms with E-state index in [9.17, 15) is 0 Å². The highest BCUT2D eigenvalue weighted by Gasteiger charge is 2.02. The van der Waals surface area contributed by atoms with Gasteiger partial charge in [0.05, 0.1) is 0 Å². The number of allylic oxidation sites excluding steroid dienone is 1. The Labute approximate surface area is 109 Å². The van der Waals surface area contributed by atoms with Crippen molar-refractivity contribution >= 4 is 17.5 Å². The molecule has 1 rings (SSSR count). The second-order valence-electron chi connectivity index (χ2n) is 4.51. The van der Waals surface area contributed by atoms with Crippen LogP contribution in [0.4, 0.5) is 0 Å². The Balaban J connectivity index is 2.60. The maximum atomic E-state index is 7.65. The molecular formula is C15H21NS. The minimum absolute atomic E-state index is 0.633. The first-order valence-electron chi connectivity index (χ1n) is 5.94. The lowest BCUT2D eigenvalue weighted by molar-refractivity contribution is 0.920.